The summed E-state index contributed by atoms with van der Waals surface area (Å²) < 4.78 is 2.03. The zero-order valence-electron chi connectivity index (χ0n) is 13.6. The van der Waals surface area contributed by atoms with Crippen molar-refractivity contribution in [3.05, 3.63) is 66.1 Å². The summed E-state index contributed by atoms with van der Waals surface area (Å²) in [6.45, 7) is 2.85. The molecule has 2 N–H and O–H groups in total. The number of carbonyl (C=O) groups excluding carboxylic acids is 1. The number of para-hydroxylation sites is 1. The molecular formula is C19H20N4O. The molecule has 5 heteroatoms. The summed E-state index contributed by atoms with van der Waals surface area (Å²) in [4.78, 5) is 18.8. The van der Waals surface area contributed by atoms with Crippen LogP contribution in [0.15, 0.2) is 54.9 Å². The van der Waals surface area contributed by atoms with Crippen molar-refractivity contribution in [3.8, 4) is 0 Å². The molecule has 122 valence electrons. The average molecular weight is 320 g/mol. The average Bonchev–Trinajstić information content (AvgIpc) is 2.99. The molecule has 0 bridgehead atoms. The maximum absolute atomic E-state index is 11.8. The van der Waals surface area contributed by atoms with Crippen LogP contribution in [-0.2, 0) is 11.3 Å². The van der Waals surface area contributed by atoms with Gasteiger partial charge in [-0.3, -0.25) is 4.79 Å². The van der Waals surface area contributed by atoms with Gasteiger partial charge in [0.1, 0.15) is 5.65 Å². The molecule has 0 aliphatic carbocycles. The molecule has 0 spiro atoms. The fraction of sp³-hybridized carbons (Fsp3) is 0.263. The van der Waals surface area contributed by atoms with Gasteiger partial charge in [-0.15, -0.1) is 0 Å². The van der Waals surface area contributed by atoms with E-state index in [2.05, 4.69) is 24.1 Å². The predicted molar refractivity (Wildman–Crippen MR) is 93.8 cm³/mol. The molecule has 5 nitrogen and oxygen atoms in total. The molecule has 1 amide bonds. The third-order valence-corrected chi connectivity index (χ3v) is 4.82. The first-order chi connectivity index (χ1) is 11.6. The lowest BCUT2D eigenvalue weighted by molar-refractivity contribution is -0.119. The summed E-state index contributed by atoms with van der Waals surface area (Å²) in [5, 5.41) is 0. The van der Waals surface area contributed by atoms with E-state index in [1.807, 2.05) is 47.0 Å². The van der Waals surface area contributed by atoms with Crippen LogP contribution in [0.25, 0.3) is 5.65 Å². The molecular weight excluding hydrogens is 300 g/mol. The van der Waals surface area contributed by atoms with Gasteiger partial charge < -0.3 is 15.0 Å². The monoisotopic (exact) mass is 320 g/mol. The van der Waals surface area contributed by atoms with E-state index < -0.39 is 0 Å². The lowest BCUT2D eigenvalue weighted by atomic mass is 9.85. The second-order valence-electron chi connectivity index (χ2n) is 6.42. The molecule has 0 radical (unpaired) electrons. The number of fused-ring (bicyclic) bond motifs is 2. The predicted octanol–water partition coefficient (Wildman–Crippen LogP) is 2.70. The highest BCUT2D eigenvalue weighted by Crippen LogP contribution is 2.38. The maximum atomic E-state index is 11.8. The Kier molecular flexibility index (Phi) is 3.49. The minimum absolute atomic E-state index is 0.214. The zero-order chi connectivity index (χ0) is 16.7. The highest BCUT2D eigenvalue weighted by atomic mass is 16.1. The Labute approximate surface area is 140 Å². The molecule has 3 heterocycles. The molecule has 2 aromatic heterocycles. The van der Waals surface area contributed by atoms with Crippen LogP contribution in [0.3, 0.4) is 0 Å². The van der Waals surface area contributed by atoms with Crippen molar-refractivity contribution in [2.45, 2.75) is 31.8 Å². The Morgan fingerprint density at radius 2 is 2.04 bits per heavy atom. The van der Waals surface area contributed by atoms with Crippen molar-refractivity contribution in [2.24, 2.45) is 5.73 Å². The van der Waals surface area contributed by atoms with E-state index in [4.69, 9.17) is 10.7 Å². The molecule has 4 rings (SSSR count). The van der Waals surface area contributed by atoms with Crippen LogP contribution in [-0.4, -0.2) is 21.3 Å². The number of primary amides is 1. The van der Waals surface area contributed by atoms with E-state index >= 15 is 0 Å². The standard InChI is InChI=1S/C19H20N4O/c1-13-10-16(19(20)24)15-6-2-3-7-17(15)23(13)12-14-11-22-9-5-4-8-18(22)21-14/h2-9,11,13,16H,10,12H2,1H3,(H2,20,24). The Morgan fingerprint density at radius 3 is 2.83 bits per heavy atom. The first kappa shape index (κ1) is 14.8. The largest absolute Gasteiger partial charge is 0.369 e. The van der Waals surface area contributed by atoms with Crippen molar-refractivity contribution >= 4 is 17.2 Å². The smallest absolute Gasteiger partial charge is 0.225 e. The molecule has 0 saturated heterocycles. The van der Waals surface area contributed by atoms with Crippen molar-refractivity contribution in [2.75, 3.05) is 4.90 Å². The van der Waals surface area contributed by atoms with Crippen LogP contribution >= 0.6 is 0 Å². The number of nitrogens with two attached hydrogens (primary N) is 1. The SMILES string of the molecule is CC1CC(C(N)=O)c2ccccc2N1Cc1cn2ccccc2n1. The molecule has 1 aliphatic heterocycles. The van der Waals surface area contributed by atoms with E-state index in [0.29, 0.717) is 6.54 Å². The van der Waals surface area contributed by atoms with Crippen LogP contribution < -0.4 is 10.6 Å². The van der Waals surface area contributed by atoms with Crippen LogP contribution in [0, 0.1) is 0 Å². The van der Waals surface area contributed by atoms with E-state index in [1.54, 1.807) is 0 Å². The number of hydrogen-bond acceptors (Lipinski definition) is 3. The van der Waals surface area contributed by atoms with Crippen molar-refractivity contribution in [3.63, 3.8) is 0 Å². The number of anilines is 1. The molecule has 24 heavy (non-hydrogen) atoms. The highest BCUT2D eigenvalue weighted by Gasteiger charge is 2.33. The van der Waals surface area contributed by atoms with Crippen LogP contribution in [0.2, 0.25) is 0 Å². The first-order valence-electron chi connectivity index (χ1n) is 8.21. The van der Waals surface area contributed by atoms with Gasteiger partial charge in [0.25, 0.3) is 0 Å². The van der Waals surface area contributed by atoms with Crippen molar-refractivity contribution < 1.29 is 4.79 Å². The van der Waals surface area contributed by atoms with Crippen LogP contribution in [0.1, 0.15) is 30.5 Å². The Bertz CT molecular complexity index is 868. The minimum Gasteiger partial charge on any atom is -0.369 e. The Balaban J connectivity index is 1.71. The molecule has 2 unspecified atom stereocenters. The summed E-state index contributed by atoms with van der Waals surface area (Å²) in [7, 11) is 0. The van der Waals surface area contributed by atoms with E-state index in [1.165, 1.54) is 0 Å². The summed E-state index contributed by atoms with van der Waals surface area (Å²) in [6, 6.07) is 14.3. The summed E-state index contributed by atoms with van der Waals surface area (Å²) in [5.41, 5.74) is 9.68. The molecule has 1 aliphatic rings. The van der Waals surface area contributed by atoms with Crippen LogP contribution in [0.5, 0.6) is 0 Å². The number of aromatic nitrogens is 2. The summed E-state index contributed by atoms with van der Waals surface area (Å²) >= 11 is 0. The van der Waals surface area contributed by atoms with E-state index in [0.717, 1.165) is 29.0 Å². The fourth-order valence-electron chi connectivity index (χ4n) is 3.62. The van der Waals surface area contributed by atoms with Gasteiger partial charge in [0.2, 0.25) is 5.91 Å². The molecule has 0 fully saturated rings. The second-order valence-corrected chi connectivity index (χ2v) is 6.42. The van der Waals surface area contributed by atoms with Gasteiger partial charge in [0.05, 0.1) is 18.2 Å². The van der Waals surface area contributed by atoms with Gasteiger partial charge in [-0.25, -0.2) is 4.98 Å². The quantitative estimate of drug-likeness (QED) is 0.807. The number of rotatable bonds is 3. The maximum Gasteiger partial charge on any atom is 0.225 e. The van der Waals surface area contributed by atoms with Gasteiger partial charge >= 0.3 is 0 Å². The first-order valence-corrected chi connectivity index (χ1v) is 8.21. The Hall–Kier alpha value is -2.82. The lowest BCUT2D eigenvalue weighted by Crippen LogP contribution is -2.41. The molecule has 0 saturated carbocycles. The third kappa shape index (κ3) is 2.42. The van der Waals surface area contributed by atoms with Crippen LogP contribution in [0.4, 0.5) is 5.69 Å². The van der Waals surface area contributed by atoms with Gasteiger partial charge in [-0.1, -0.05) is 24.3 Å². The van der Waals surface area contributed by atoms with Gasteiger partial charge in [0.15, 0.2) is 0 Å². The molecule has 3 aromatic rings. The van der Waals surface area contributed by atoms with E-state index in [-0.39, 0.29) is 17.9 Å². The number of benzene rings is 1. The summed E-state index contributed by atoms with van der Waals surface area (Å²) in [5.74, 6) is -0.463. The van der Waals surface area contributed by atoms with E-state index in [9.17, 15) is 4.79 Å². The summed E-state index contributed by atoms with van der Waals surface area (Å²) in [6.07, 6.45) is 4.80. The van der Waals surface area contributed by atoms with Crippen molar-refractivity contribution in [1.29, 1.82) is 0 Å². The third-order valence-electron chi connectivity index (χ3n) is 4.82. The van der Waals surface area contributed by atoms with Crippen molar-refractivity contribution in [1.82, 2.24) is 9.38 Å². The van der Waals surface area contributed by atoms with Gasteiger partial charge in [0, 0.05) is 24.1 Å². The topological polar surface area (TPSA) is 63.6 Å². The Morgan fingerprint density at radius 1 is 1.25 bits per heavy atom. The normalized spacial score (nSPS) is 20.1. The highest BCUT2D eigenvalue weighted by molar-refractivity contribution is 5.85. The van der Waals surface area contributed by atoms with Gasteiger partial charge in [-0.05, 0) is 37.1 Å². The molecule has 1 aromatic carbocycles. The van der Waals surface area contributed by atoms with Gasteiger partial charge in [-0.2, -0.15) is 0 Å². The number of imidazole rings is 1. The number of carbonyl (C=O) groups is 1. The zero-order valence-corrected chi connectivity index (χ0v) is 13.6. The number of amides is 1. The molecule has 2 atom stereocenters. The lowest BCUT2D eigenvalue weighted by Gasteiger charge is -2.39. The number of hydrogen-bond donors (Lipinski definition) is 1. The number of nitrogens with zero attached hydrogens (tertiary/aromatic N) is 3. The minimum atomic E-state index is -0.248. The number of pyridine rings is 1. The fourth-order valence-corrected chi connectivity index (χ4v) is 3.62. The second kappa shape index (κ2) is 5.67.